The molecule has 1 aromatic rings. The van der Waals surface area contributed by atoms with Crippen molar-refractivity contribution in [2.24, 2.45) is 4.99 Å². The van der Waals surface area contributed by atoms with E-state index in [2.05, 4.69) is 133 Å². The van der Waals surface area contributed by atoms with Gasteiger partial charge in [-0.15, -0.1) is 0 Å². The Labute approximate surface area is 184 Å². The molecule has 1 aromatic carbocycles. The highest BCUT2D eigenvalue weighted by atomic mass is 15.2. The molecule has 0 amide bonds. The fraction of sp³-hybridized carbons (Fsp3) is 0.444. The van der Waals surface area contributed by atoms with Gasteiger partial charge in [0.15, 0.2) is 0 Å². The molecule has 0 unspecified atom stereocenters. The first-order chi connectivity index (χ1) is 14.0. The molecule has 0 atom stereocenters. The lowest BCUT2D eigenvalue weighted by atomic mass is 9.90. The molecule has 0 aromatic heterocycles. The maximum Gasteiger partial charge on any atom is 0.0938 e. The lowest BCUT2D eigenvalue weighted by Crippen LogP contribution is -2.43. The van der Waals surface area contributed by atoms with Crippen molar-refractivity contribution in [3.8, 4) is 0 Å². The van der Waals surface area contributed by atoms with E-state index in [0.29, 0.717) is 0 Å². The van der Waals surface area contributed by atoms with Crippen molar-refractivity contribution in [3.05, 3.63) is 76.7 Å². The van der Waals surface area contributed by atoms with Crippen molar-refractivity contribution < 1.29 is 0 Å². The Morgan fingerprint density at radius 1 is 1.00 bits per heavy atom. The number of hydrogen-bond acceptors (Lipinski definition) is 3. The van der Waals surface area contributed by atoms with Crippen molar-refractivity contribution in [1.82, 2.24) is 9.80 Å². The average Bonchev–Trinajstić information content (AvgIpc) is 2.65. The number of likely N-dealkylation sites (N-methyl/N-ethyl adjacent to an activating group) is 1. The van der Waals surface area contributed by atoms with Crippen molar-refractivity contribution in [1.29, 1.82) is 0 Å². The lowest BCUT2D eigenvalue weighted by Gasteiger charge is -2.44. The minimum Gasteiger partial charge on any atom is -0.367 e. The highest BCUT2D eigenvalue weighted by molar-refractivity contribution is 5.78. The van der Waals surface area contributed by atoms with Gasteiger partial charge in [0, 0.05) is 41.5 Å². The SMILES string of the molecule is C=N/C1=C(N(C)C(C)(C)C)/C(/C=C\C)=C(/C=C\C)N(C(C)(C)C)Cc2ccccc21. The van der Waals surface area contributed by atoms with E-state index in [4.69, 9.17) is 0 Å². The van der Waals surface area contributed by atoms with E-state index in [-0.39, 0.29) is 11.1 Å². The van der Waals surface area contributed by atoms with Crippen LogP contribution in [0.5, 0.6) is 0 Å². The number of allylic oxidation sites excluding steroid dienone is 4. The highest BCUT2D eigenvalue weighted by Crippen LogP contribution is 2.40. The maximum atomic E-state index is 4.60. The summed E-state index contributed by atoms with van der Waals surface area (Å²) in [4.78, 5) is 9.43. The molecule has 1 aliphatic rings. The smallest absolute Gasteiger partial charge is 0.0938 e. The van der Waals surface area contributed by atoms with Gasteiger partial charge in [-0.2, -0.15) is 0 Å². The molecule has 0 fully saturated rings. The number of fused-ring (bicyclic) bond motifs is 1. The lowest BCUT2D eigenvalue weighted by molar-refractivity contribution is 0.178. The van der Waals surface area contributed by atoms with Crippen LogP contribution in [0.15, 0.2) is 70.5 Å². The fourth-order valence-corrected chi connectivity index (χ4v) is 3.77. The molecule has 0 saturated carbocycles. The molecule has 0 spiro atoms. The van der Waals surface area contributed by atoms with E-state index in [1.807, 2.05) is 0 Å². The van der Waals surface area contributed by atoms with Gasteiger partial charge in [0.1, 0.15) is 0 Å². The van der Waals surface area contributed by atoms with Crippen LogP contribution in [0.1, 0.15) is 66.5 Å². The third-order valence-corrected chi connectivity index (χ3v) is 5.61. The second-order valence-electron chi connectivity index (χ2n) is 9.80. The Kier molecular flexibility index (Phi) is 7.18. The van der Waals surface area contributed by atoms with Crippen LogP contribution in [-0.4, -0.2) is 34.6 Å². The van der Waals surface area contributed by atoms with E-state index in [9.17, 15) is 0 Å². The van der Waals surface area contributed by atoms with E-state index in [1.165, 1.54) is 16.8 Å². The topological polar surface area (TPSA) is 18.8 Å². The molecule has 0 N–H and O–H groups in total. The first kappa shape index (κ1) is 23.7. The van der Waals surface area contributed by atoms with Crippen molar-refractivity contribution in [3.63, 3.8) is 0 Å². The van der Waals surface area contributed by atoms with Crippen LogP contribution in [0.3, 0.4) is 0 Å². The predicted octanol–water partition coefficient (Wildman–Crippen LogP) is 6.81. The summed E-state index contributed by atoms with van der Waals surface area (Å²) in [6.45, 7) is 22.5. The van der Waals surface area contributed by atoms with Crippen molar-refractivity contribution in [2.75, 3.05) is 7.05 Å². The van der Waals surface area contributed by atoms with Crippen molar-refractivity contribution in [2.45, 2.75) is 73.0 Å². The molecular formula is C27H39N3. The Morgan fingerprint density at radius 3 is 2.10 bits per heavy atom. The summed E-state index contributed by atoms with van der Waals surface area (Å²) in [6, 6.07) is 8.58. The molecule has 3 heteroatoms. The third kappa shape index (κ3) is 4.77. The quantitative estimate of drug-likeness (QED) is 0.513. The summed E-state index contributed by atoms with van der Waals surface area (Å²) in [5.74, 6) is 0. The number of benzene rings is 1. The summed E-state index contributed by atoms with van der Waals surface area (Å²) in [7, 11) is 2.16. The van der Waals surface area contributed by atoms with Crippen LogP contribution in [0.2, 0.25) is 0 Å². The fourth-order valence-electron chi connectivity index (χ4n) is 3.77. The first-order valence-corrected chi connectivity index (χ1v) is 10.8. The van der Waals surface area contributed by atoms with Crippen LogP contribution in [-0.2, 0) is 6.54 Å². The molecule has 30 heavy (non-hydrogen) atoms. The zero-order valence-electron chi connectivity index (χ0n) is 20.4. The summed E-state index contributed by atoms with van der Waals surface area (Å²) >= 11 is 0. The molecule has 1 aliphatic heterocycles. The Hall–Kier alpha value is -2.55. The van der Waals surface area contributed by atoms with E-state index in [0.717, 1.165) is 23.5 Å². The maximum absolute atomic E-state index is 4.60. The van der Waals surface area contributed by atoms with E-state index >= 15 is 0 Å². The summed E-state index contributed by atoms with van der Waals surface area (Å²) in [5, 5.41) is 0. The van der Waals surface area contributed by atoms with Gasteiger partial charge in [0.2, 0.25) is 0 Å². The molecule has 2 rings (SSSR count). The van der Waals surface area contributed by atoms with Crippen LogP contribution < -0.4 is 0 Å². The molecule has 0 radical (unpaired) electrons. The summed E-state index contributed by atoms with van der Waals surface area (Å²) in [5.41, 5.74) is 6.67. The molecule has 0 aliphatic carbocycles. The minimum atomic E-state index is -0.0835. The largest absolute Gasteiger partial charge is 0.367 e. The highest BCUT2D eigenvalue weighted by Gasteiger charge is 2.33. The minimum absolute atomic E-state index is 0.0562. The van der Waals surface area contributed by atoms with Crippen molar-refractivity contribution >= 4 is 12.4 Å². The van der Waals surface area contributed by atoms with Crippen LogP contribution in [0.25, 0.3) is 5.70 Å². The van der Waals surface area contributed by atoms with Gasteiger partial charge in [0.25, 0.3) is 0 Å². The molecule has 162 valence electrons. The van der Waals surface area contributed by atoms with Gasteiger partial charge in [0.05, 0.1) is 11.4 Å². The van der Waals surface area contributed by atoms with Gasteiger partial charge < -0.3 is 9.80 Å². The van der Waals surface area contributed by atoms with Gasteiger partial charge in [-0.3, -0.25) is 4.99 Å². The number of rotatable bonds is 4. The standard InChI is InChI=1S/C27H39N3/c1-11-15-22-23(16-12-2)30(27(6,7)8)19-20-17-13-14-18-21(20)24(28-9)25(22)29(10)26(3,4)5/h11-18H,9,19H2,1-8,10H3/b15-11-,16-12-,23-22-,25-24-. The number of hydrogen-bond donors (Lipinski definition) is 0. The first-order valence-electron chi connectivity index (χ1n) is 10.8. The van der Waals surface area contributed by atoms with Gasteiger partial charge >= 0.3 is 0 Å². The number of nitrogens with zero attached hydrogens (tertiary/aromatic N) is 3. The normalized spacial score (nSPS) is 21.0. The summed E-state index contributed by atoms with van der Waals surface area (Å²) in [6.07, 6.45) is 8.68. The van der Waals surface area contributed by atoms with E-state index in [1.54, 1.807) is 0 Å². The average molecular weight is 406 g/mol. The van der Waals surface area contributed by atoms with Crippen LogP contribution in [0, 0.1) is 0 Å². The monoisotopic (exact) mass is 405 g/mol. The Morgan fingerprint density at radius 2 is 1.60 bits per heavy atom. The van der Waals surface area contributed by atoms with Gasteiger partial charge in [-0.1, -0.05) is 42.5 Å². The predicted molar refractivity (Wildman–Crippen MR) is 132 cm³/mol. The molecule has 1 heterocycles. The Balaban J connectivity index is 3.13. The third-order valence-electron chi connectivity index (χ3n) is 5.61. The number of aliphatic imine (C=N–C) groups is 1. The summed E-state index contributed by atoms with van der Waals surface area (Å²) < 4.78 is 0. The van der Waals surface area contributed by atoms with Gasteiger partial charge in [-0.05, 0) is 73.7 Å². The molecule has 3 nitrogen and oxygen atoms in total. The molecular weight excluding hydrogens is 366 g/mol. The zero-order valence-corrected chi connectivity index (χ0v) is 20.4. The van der Waals surface area contributed by atoms with Gasteiger partial charge in [-0.25, -0.2) is 0 Å². The van der Waals surface area contributed by atoms with Crippen LogP contribution in [0.4, 0.5) is 0 Å². The second-order valence-corrected chi connectivity index (χ2v) is 9.80. The van der Waals surface area contributed by atoms with E-state index < -0.39 is 0 Å². The van der Waals surface area contributed by atoms with Crippen LogP contribution >= 0.6 is 0 Å². The second kappa shape index (κ2) is 9.07. The molecule has 0 saturated heterocycles. The molecule has 0 bridgehead atoms. The Bertz CT molecular complexity index is 899. The zero-order chi connectivity index (χ0) is 22.7.